The molecule has 106 valence electrons. The summed E-state index contributed by atoms with van der Waals surface area (Å²) in [5, 5.41) is 3.50. The number of unbranched alkanes of at least 4 members (excludes halogenated alkanes) is 1. The van der Waals surface area contributed by atoms with E-state index < -0.39 is 0 Å². The molecule has 0 amide bonds. The van der Waals surface area contributed by atoms with Crippen molar-refractivity contribution in [2.45, 2.75) is 45.6 Å². The van der Waals surface area contributed by atoms with E-state index in [9.17, 15) is 0 Å². The van der Waals surface area contributed by atoms with E-state index in [0.29, 0.717) is 6.10 Å². The molecule has 0 radical (unpaired) electrons. The van der Waals surface area contributed by atoms with E-state index in [1.54, 1.807) is 0 Å². The fraction of sp³-hybridized carbons (Fsp3) is 0.647. The molecule has 0 aliphatic carbocycles. The number of rotatable bonds is 7. The van der Waals surface area contributed by atoms with Gasteiger partial charge in [0.25, 0.3) is 0 Å². The summed E-state index contributed by atoms with van der Waals surface area (Å²) in [6, 6.07) is 8.74. The Bertz CT molecular complexity index is 375. The summed E-state index contributed by atoms with van der Waals surface area (Å²) in [5.74, 6) is 0.744. The third kappa shape index (κ3) is 4.63. The lowest BCUT2D eigenvalue weighted by atomic mass is 9.94. The van der Waals surface area contributed by atoms with Crippen LogP contribution in [0.4, 0.5) is 0 Å². The van der Waals surface area contributed by atoms with Crippen LogP contribution in [-0.4, -0.2) is 19.7 Å². The predicted molar refractivity (Wildman–Crippen MR) is 80.4 cm³/mol. The van der Waals surface area contributed by atoms with Crippen LogP contribution in [0.2, 0.25) is 0 Å². The van der Waals surface area contributed by atoms with Crippen LogP contribution in [-0.2, 0) is 11.2 Å². The zero-order chi connectivity index (χ0) is 13.5. The molecule has 0 fully saturated rings. The second-order valence-corrected chi connectivity index (χ2v) is 5.90. The second kappa shape index (κ2) is 7.66. The van der Waals surface area contributed by atoms with E-state index in [4.69, 9.17) is 4.74 Å². The first-order valence-electron chi connectivity index (χ1n) is 7.67. The summed E-state index contributed by atoms with van der Waals surface area (Å²) in [4.78, 5) is 0. The van der Waals surface area contributed by atoms with E-state index in [1.807, 2.05) is 0 Å². The Morgan fingerprint density at radius 3 is 2.95 bits per heavy atom. The third-order valence-corrected chi connectivity index (χ3v) is 3.71. The average Bonchev–Trinajstić information content (AvgIpc) is 2.42. The van der Waals surface area contributed by atoms with Crippen LogP contribution in [0.5, 0.6) is 0 Å². The Kier molecular flexibility index (Phi) is 5.87. The van der Waals surface area contributed by atoms with E-state index in [1.165, 1.54) is 24.0 Å². The van der Waals surface area contributed by atoms with Gasteiger partial charge in [-0.3, -0.25) is 0 Å². The maximum atomic E-state index is 5.93. The zero-order valence-corrected chi connectivity index (χ0v) is 12.3. The molecule has 0 aromatic heterocycles. The van der Waals surface area contributed by atoms with Crippen LogP contribution in [0.25, 0.3) is 0 Å². The lowest BCUT2D eigenvalue weighted by molar-refractivity contribution is 0.0349. The molecular weight excluding hydrogens is 234 g/mol. The first kappa shape index (κ1) is 14.5. The molecule has 19 heavy (non-hydrogen) atoms. The lowest BCUT2D eigenvalue weighted by Gasteiger charge is -2.26. The Hall–Kier alpha value is -0.860. The number of ether oxygens (including phenoxy) is 1. The maximum absolute atomic E-state index is 5.93. The smallest absolute Gasteiger partial charge is 0.0827 e. The van der Waals surface area contributed by atoms with Crippen LogP contribution in [0.3, 0.4) is 0 Å². The molecule has 2 heteroatoms. The minimum absolute atomic E-state index is 0.329. The Morgan fingerprint density at radius 2 is 2.11 bits per heavy atom. The van der Waals surface area contributed by atoms with Crippen molar-refractivity contribution >= 4 is 0 Å². The number of hydrogen-bond acceptors (Lipinski definition) is 2. The lowest BCUT2D eigenvalue weighted by Crippen LogP contribution is -2.21. The third-order valence-electron chi connectivity index (χ3n) is 3.71. The van der Waals surface area contributed by atoms with Crippen LogP contribution in [0.1, 0.15) is 50.3 Å². The van der Waals surface area contributed by atoms with Crippen molar-refractivity contribution in [2.24, 2.45) is 5.92 Å². The molecule has 0 saturated heterocycles. The summed E-state index contributed by atoms with van der Waals surface area (Å²) in [7, 11) is 0. The Morgan fingerprint density at radius 1 is 1.26 bits per heavy atom. The summed E-state index contributed by atoms with van der Waals surface area (Å²) in [6.07, 6.45) is 5.04. The minimum atomic E-state index is 0.329. The SMILES string of the molecule is CC(C)CNCCCCC1OCCc2ccccc21. The standard InChI is InChI=1S/C17H27NO/c1-14(2)13-18-11-6-5-9-17-16-8-4-3-7-15(16)10-12-19-17/h3-4,7-8,14,17-18H,5-6,9-13H2,1-2H3. The van der Waals surface area contributed by atoms with Crippen molar-refractivity contribution in [1.82, 2.24) is 5.32 Å². The zero-order valence-electron chi connectivity index (χ0n) is 12.3. The van der Waals surface area contributed by atoms with Crippen molar-refractivity contribution < 1.29 is 4.74 Å². The molecule has 1 aliphatic rings. The van der Waals surface area contributed by atoms with Gasteiger partial charge in [0, 0.05) is 0 Å². The number of fused-ring (bicyclic) bond motifs is 1. The molecule has 1 atom stereocenters. The second-order valence-electron chi connectivity index (χ2n) is 5.90. The van der Waals surface area contributed by atoms with Gasteiger partial charge in [-0.05, 0) is 55.8 Å². The van der Waals surface area contributed by atoms with Gasteiger partial charge in [-0.1, -0.05) is 38.1 Å². The highest BCUT2D eigenvalue weighted by Crippen LogP contribution is 2.30. The van der Waals surface area contributed by atoms with Gasteiger partial charge in [-0.25, -0.2) is 0 Å². The number of benzene rings is 1. The van der Waals surface area contributed by atoms with Crippen LogP contribution in [0, 0.1) is 5.92 Å². The highest BCUT2D eigenvalue weighted by Gasteiger charge is 2.19. The van der Waals surface area contributed by atoms with Gasteiger partial charge in [0.05, 0.1) is 12.7 Å². The molecule has 2 nitrogen and oxygen atoms in total. The average molecular weight is 261 g/mol. The fourth-order valence-corrected chi connectivity index (χ4v) is 2.69. The van der Waals surface area contributed by atoms with Gasteiger partial charge < -0.3 is 10.1 Å². The van der Waals surface area contributed by atoms with Crippen molar-refractivity contribution in [3.63, 3.8) is 0 Å². The molecule has 0 spiro atoms. The molecule has 0 saturated carbocycles. The van der Waals surface area contributed by atoms with Crippen LogP contribution >= 0.6 is 0 Å². The molecule has 1 unspecified atom stereocenters. The Labute approximate surface area is 117 Å². The largest absolute Gasteiger partial charge is 0.373 e. The highest BCUT2D eigenvalue weighted by atomic mass is 16.5. The summed E-state index contributed by atoms with van der Waals surface area (Å²) < 4.78 is 5.93. The summed E-state index contributed by atoms with van der Waals surface area (Å²) in [5.41, 5.74) is 2.90. The van der Waals surface area contributed by atoms with E-state index in [0.717, 1.165) is 38.5 Å². The first-order chi connectivity index (χ1) is 9.27. The van der Waals surface area contributed by atoms with Gasteiger partial charge in [-0.2, -0.15) is 0 Å². The van der Waals surface area contributed by atoms with E-state index in [-0.39, 0.29) is 0 Å². The monoisotopic (exact) mass is 261 g/mol. The minimum Gasteiger partial charge on any atom is -0.373 e. The summed E-state index contributed by atoms with van der Waals surface area (Å²) >= 11 is 0. The van der Waals surface area contributed by atoms with Crippen molar-refractivity contribution in [2.75, 3.05) is 19.7 Å². The normalized spacial score (nSPS) is 18.6. The van der Waals surface area contributed by atoms with Crippen molar-refractivity contribution in [3.05, 3.63) is 35.4 Å². The van der Waals surface area contributed by atoms with E-state index >= 15 is 0 Å². The molecule has 1 aromatic rings. The summed E-state index contributed by atoms with van der Waals surface area (Å²) in [6.45, 7) is 7.64. The molecule has 0 bridgehead atoms. The van der Waals surface area contributed by atoms with Gasteiger partial charge >= 0.3 is 0 Å². The number of nitrogens with one attached hydrogen (secondary N) is 1. The molecule has 1 aromatic carbocycles. The van der Waals surface area contributed by atoms with Crippen LogP contribution < -0.4 is 5.32 Å². The predicted octanol–water partition coefficient (Wildman–Crippen LogP) is 3.72. The Balaban J connectivity index is 1.70. The quantitative estimate of drug-likeness (QED) is 0.755. The van der Waals surface area contributed by atoms with Gasteiger partial charge in [-0.15, -0.1) is 0 Å². The topological polar surface area (TPSA) is 21.3 Å². The first-order valence-corrected chi connectivity index (χ1v) is 7.67. The van der Waals surface area contributed by atoms with E-state index in [2.05, 4.69) is 43.4 Å². The highest BCUT2D eigenvalue weighted by molar-refractivity contribution is 5.30. The van der Waals surface area contributed by atoms with Gasteiger partial charge in [0.15, 0.2) is 0 Å². The van der Waals surface area contributed by atoms with Crippen molar-refractivity contribution in [3.8, 4) is 0 Å². The van der Waals surface area contributed by atoms with Crippen LogP contribution in [0.15, 0.2) is 24.3 Å². The van der Waals surface area contributed by atoms with Gasteiger partial charge in [0.2, 0.25) is 0 Å². The van der Waals surface area contributed by atoms with Gasteiger partial charge in [0.1, 0.15) is 0 Å². The molecule has 1 aliphatic heterocycles. The molecular formula is C17H27NO. The molecule has 1 heterocycles. The maximum Gasteiger partial charge on any atom is 0.0827 e. The fourth-order valence-electron chi connectivity index (χ4n) is 2.69. The molecule has 2 rings (SSSR count). The number of hydrogen-bond donors (Lipinski definition) is 1. The van der Waals surface area contributed by atoms with Crippen molar-refractivity contribution in [1.29, 1.82) is 0 Å². The molecule has 1 N–H and O–H groups in total.